The first kappa shape index (κ1) is 18.0. The first-order valence-corrected chi connectivity index (χ1v) is 8.92. The number of carbonyl (C=O) groups is 1. The molecule has 1 aromatic carbocycles. The second-order valence-corrected chi connectivity index (χ2v) is 6.56. The van der Waals surface area contributed by atoms with Crippen molar-refractivity contribution >= 4 is 17.4 Å². The Labute approximate surface area is 154 Å². The van der Waals surface area contributed by atoms with E-state index in [-0.39, 0.29) is 12.5 Å². The van der Waals surface area contributed by atoms with Crippen molar-refractivity contribution < 1.29 is 14.3 Å². The number of nitrogens with zero attached hydrogens (tertiary/aromatic N) is 2. The molecule has 1 aliphatic rings. The topological polar surface area (TPSA) is 63.7 Å². The van der Waals surface area contributed by atoms with Gasteiger partial charge in [0.1, 0.15) is 5.82 Å². The molecule has 2 aromatic rings. The number of pyridine rings is 1. The molecule has 0 spiro atoms. The molecule has 1 amide bonds. The monoisotopic (exact) mass is 355 g/mol. The number of hydrogen-bond acceptors (Lipinski definition) is 5. The summed E-state index contributed by atoms with van der Waals surface area (Å²) in [5, 5.41) is 2.80. The quantitative estimate of drug-likeness (QED) is 0.861. The van der Waals surface area contributed by atoms with E-state index in [2.05, 4.69) is 22.1 Å². The predicted molar refractivity (Wildman–Crippen MR) is 102 cm³/mol. The second kappa shape index (κ2) is 8.56. The van der Waals surface area contributed by atoms with Crippen LogP contribution in [0.1, 0.15) is 19.8 Å². The van der Waals surface area contributed by atoms with Crippen LogP contribution in [0.5, 0.6) is 11.5 Å². The number of methoxy groups -OCH3 is 1. The van der Waals surface area contributed by atoms with Gasteiger partial charge in [0.15, 0.2) is 18.1 Å². The summed E-state index contributed by atoms with van der Waals surface area (Å²) >= 11 is 0. The minimum Gasteiger partial charge on any atom is -0.493 e. The van der Waals surface area contributed by atoms with Crippen molar-refractivity contribution in [3.8, 4) is 11.5 Å². The third-order valence-electron chi connectivity index (χ3n) is 4.57. The average Bonchev–Trinajstić information content (AvgIpc) is 2.68. The Morgan fingerprint density at radius 1 is 1.19 bits per heavy atom. The van der Waals surface area contributed by atoms with E-state index in [1.165, 1.54) is 12.8 Å². The van der Waals surface area contributed by atoms with Gasteiger partial charge in [-0.15, -0.1) is 0 Å². The Bertz CT molecular complexity index is 725. The van der Waals surface area contributed by atoms with Crippen molar-refractivity contribution in [2.45, 2.75) is 19.8 Å². The van der Waals surface area contributed by atoms with E-state index in [1.54, 1.807) is 25.4 Å². The number of carbonyl (C=O) groups excluding carboxylic acids is 1. The summed E-state index contributed by atoms with van der Waals surface area (Å²) in [5.41, 5.74) is 0.660. The number of anilines is 2. The van der Waals surface area contributed by atoms with Crippen LogP contribution >= 0.6 is 0 Å². The van der Waals surface area contributed by atoms with Crippen molar-refractivity contribution in [3.05, 3.63) is 42.6 Å². The molecule has 1 saturated heterocycles. The van der Waals surface area contributed by atoms with Gasteiger partial charge in [0.05, 0.1) is 19.0 Å². The summed E-state index contributed by atoms with van der Waals surface area (Å²) in [6.45, 7) is 4.27. The van der Waals surface area contributed by atoms with Crippen LogP contribution in [0.4, 0.5) is 11.5 Å². The van der Waals surface area contributed by atoms with E-state index in [1.807, 2.05) is 24.3 Å². The number of rotatable bonds is 6. The van der Waals surface area contributed by atoms with Crippen LogP contribution in [0.25, 0.3) is 0 Å². The SMILES string of the molecule is COc1ccccc1OCC(=O)Nc1ccc(N2CCC(C)CC2)nc1. The fourth-order valence-corrected chi connectivity index (χ4v) is 2.96. The maximum absolute atomic E-state index is 12.1. The molecule has 26 heavy (non-hydrogen) atoms. The van der Waals surface area contributed by atoms with E-state index in [0.717, 1.165) is 24.8 Å². The Hall–Kier alpha value is -2.76. The van der Waals surface area contributed by atoms with Crippen LogP contribution in [-0.4, -0.2) is 37.7 Å². The van der Waals surface area contributed by atoms with E-state index >= 15 is 0 Å². The molecule has 6 heteroatoms. The maximum Gasteiger partial charge on any atom is 0.262 e. The molecule has 0 unspecified atom stereocenters. The second-order valence-electron chi connectivity index (χ2n) is 6.56. The summed E-state index contributed by atoms with van der Waals surface area (Å²) in [6, 6.07) is 11.1. The van der Waals surface area contributed by atoms with Gasteiger partial charge in [-0.3, -0.25) is 4.79 Å². The van der Waals surface area contributed by atoms with Crippen molar-refractivity contribution in [2.75, 3.05) is 37.0 Å². The molecule has 2 heterocycles. The molecule has 6 nitrogen and oxygen atoms in total. The van der Waals surface area contributed by atoms with Crippen molar-refractivity contribution in [3.63, 3.8) is 0 Å². The van der Waals surface area contributed by atoms with Gasteiger partial charge in [0.2, 0.25) is 0 Å². The lowest BCUT2D eigenvalue weighted by Crippen LogP contribution is -2.33. The molecule has 1 N–H and O–H groups in total. The van der Waals surface area contributed by atoms with Gasteiger partial charge in [-0.05, 0) is 43.0 Å². The third kappa shape index (κ3) is 4.65. The van der Waals surface area contributed by atoms with Gasteiger partial charge in [0.25, 0.3) is 5.91 Å². The highest BCUT2D eigenvalue weighted by Crippen LogP contribution is 2.26. The molecule has 0 saturated carbocycles. The fourth-order valence-electron chi connectivity index (χ4n) is 2.96. The van der Waals surface area contributed by atoms with Crippen molar-refractivity contribution in [1.29, 1.82) is 0 Å². The Balaban J connectivity index is 1.51. The molecule has 1 aromatic heterocycles. The summed E-state index contributed by atoms with van der Waals surface area (Å²) < 4.78 is 10.7. The standard InChI is InChI=1S/C20H25N3O3/c1-15-9-11-23(12-10-15)19-8-7-16(13-21-19)22-20(24)14-26-18-6-4-3-5-17(18)25-2/h3-8,13,15H,9-12,14H2,1-2H3,(H,22,24). The number of nitrogens with one attached hydrogen (secondary N) is 1. The molecular weight excluding hydrogens is 330 g/mol. The van der Waals surface area contributed by atoms with Crippen LogP contribution in [0.15, 0.2) is 42.6 Å². The summed E-state index contributed by atoms with van der Waals surface area (Å²) in [7, 11) is 1.57. The summed E-state index contributed by atoms with van der Waals surface area (Å²) in [5.74, 6) is 2.64. The van der Waals surface area contributed by atoms with Crippen LogP contribution in [0.3, 0.4) is 0 Å². The lowest BCUT2D eigenvalue weighted by atomic mass is 9.99. The summed E-state index contributed by atoms with van der Waals surface area (Å²) in [4.78, 5) is 18.9. The predicted octanol–water partition coefficient (Wildman–Crippen LogP) is 3.34. The van der Waals surface area contributed by atoms with E-state index in [4.69, 9.17) is 9.47 Å². The lowest BCUT2D eigenvalue weighted by molar-refractivity contribution is -0.118. The molecule has 0 atom stereocenters. The highest BCUT2D eigenvalue weighted by Gasteiger charge is 2.16. The van der Waals surface area contributed by atoms with Crippen molar-refractivity contribution in [1.82, 2.24) is 4.98 Å². The highest BCUT2D eigenvalue weighted by molar-refractivity contribution is 5.91. The fraction of sp³-hybridized carbons (Fsp3) is 0.400. The van der Waals surface area contributed by atoms with E-state index < -0.39 is 0 Å². The number of benzene rings is 1. The number of hydrogen-bond donors (Lipinski definition) is 1. The zero-order valence-electron chi connectivity index (χ0n) is 15.3. The van der Waals surface area contributed by atoms with E-state index in [9.17, 15) is 4.79 Å². The van der Waals surface area contributed by atoms with Gasteiger partial charge in [-0.1, -0.05) is 19.1 Å². The number of aromatic nitrogens is 1. The average molecular weight is 355 g/mol. The number of ether oxygens (including phenoxy) is 2. The largest absolute Gasteiger partial charge is 0.493 e. The minimum absolute atomic E-state index is 0.0911. The first-order chi connectivity index (χ1) is 12.7. The zero-order valence-corrected chi connectivity index (χ0v) is 15.3. The van der Waals surface area contributed by atoms with Gasteiger partial charge >= 0.3 is 0 Å². The van der Waals surface area contributed by atoms with Crippen LogP contribution in [0, 0.1) is 5.92 Å². The molecule has 0 radical (unpaired) electrons. The molecule has 3 rings (SSSR count). The number of para-hydroxylation sites is 2. The molecule has 1 fully saturated rings. The Kier molecular flexibility index (Phi) is 5.94. The number of amides is 1. The molecule has 0 aliphatic carbocycles. The van der Waals surface area contributed by atoms with Gasteiger partial charge in [-0.25, -0.2) is 4.98 Å². The Morgan fingerprint density at radius 2 is 1.92 bits per heavy atom. The van der Waals surface area contributed by atoms with Crippen LogP contribution in [-0.2, 0) is 4.79 Å². The Morgan fingerprint density at radius 3 is 2.58 bits per heavy atom. The molecule has 1 aliphatic heterocycles. The first-order valence-electron chi connectivity index (χ1n) is 8.92. The van der Waals surface area contributed by atoms with Crippen LogP contribution < -0.4 is 19.7 Å². The minimum atomic E-state index is -0.239. The van der Waals surface area contributed by atoms with Crippen molar-refractivity contribution in [2.24, 2.45) is 5.92 Å². The maximum atomic E-state index is 12.1. The molecular formula is C20H25N3O3. The normalized spacial score (nSPS) is 14.8. The third-order valence-corrected chi connectivity index (χ3v) is 4.57. The highest BCUT2D eigenvalue weighted by atomic mass is 16.5. The zero-order chi connectivity index (χ0) is 18.4. The van der Waals surface area contributed by atoms with E-state index in [0.29, 0.717) is 17.2 Å². The summed E-state index contributed by atoms with van der Waals surface area (Å²) in [6.07, 6.45) is 4.08. The number of piperidine rings is 1. The molecule has 138 valence electrons. The lowest BCUT2D eigenvalue weighted by Gasteiger charge is -2.31. The van der Waals surface area contributed by atoms with Gasteiger partial charge in [-0.2, -0.15) is 0 Å². The van der Waals surface area contributed by atoms with Gasteiger partial charge in [0, 0.05) is 13.1 Å². The van der Waals surface area contributed by atoms with Crippen LogP contribution in [0.2, 0.25) is 0 Å². The van der Waals surface area contributed by atoms with Gasteiger partial charge < -0.3 is 19.7 Å². The smallest absolute Gasteiger partial charge is 0.262 e. The molecule has 0 bridgehead atoms.